The predicted molar refractivity (Wildman–Crippen MR) is 98.9 cm³/mol. The summed E-state index contributed by atoms with van der Waals surface area (Å²) in [5, 5.41) is 9.54. The van der Waals surface area contributed by atoms with Crippen molar-refractivity contribution in [1.82, 2.24) is 0 Å². The van der Waals surface area contributed by atoms with Crippen LogP contribution >= 0.6 is 0 Å². The van der Waals surface area contributed by atoms with Gasteiger partial charge in [-0.05, 0) is 30.2 Å². The van der Waals surface area contributed by atoms with Gasteiger partial charge in [0.05, 0.1) is 11.7 Å². The van der Waals surface area contributed by atoms with Gasteiger partial charge >= 0.3 is 0 Å². The lowest BCUT2D eigenvalue weighted by atomic mass is 9.98. The second kappa shape index (κ2) is 7.77. The van der Waals surface area contributed by atoms with E-state index in [-0.39, 0.29) is 12.4 Å². The Hall–Kier alpha value is -2.91. The molecule has 0 aliphatic rings. The van der Waals surface area contributed by atoms with Gasteiger partial charge in [0.1, 0.15) is 12.4 Å². The fourth-order valence-electron chi connectivity index (χ4n) is 2.59. The van der Waals surface area contributed by atoms with Crippen molar-refractivity contribution >= 4 is 5.78 Å². The van der Waals surface area contributed by atoms with E-state index in [1.165, 1.54) is 0 Å². The number of aliphatic hydroxyl groups is 1. The van der Waals surface area contributed by atoms with Crippen molar-refractivity contribution in [1.29, 1.82) is 0 Å². The van der Waals surface area contributed by atoms with E-state index in [2.05, 4.69) is 0 Å². The molecule has 0 aliphatic carbocycles. The maximum atomic E-state index is 12.8. The molecule has 25 heavy (non-hydrogen) atoms. The van der Waals surface area contributed by atoms with Crippen molar-refractivity contribution in [2.45, 2.75) is 13.0 Å². The summed E-state index contributed by atoms with van der Waals surface area (Å²) >= 11 is 0. The zero-order valence-electron chi connectivity index (χ0n) is 14.1. The molecule has 3 rings (SSSR count). The minimum Gasteiger partial charge on any atom is -0.490 e. The van der Waals surface area contributed by atoms with E-state index < -0.39 is 6.10 Å². The minimum atomic E-state index is -0.611. The maximum absolute atomic E-state index is 12.8. The average molecular weight is 332 g/mol. The number of hydrogen-bond acceptors (Lipinski definition) is 3. The molecule has 0 aromatic heterocycles. The normalized spacial score (nSPS) is 11.8. The number of ether oxygens (including phenoxy) is 1. The van der Waals surface area contributed by atoms with Gasteiger partial charge in [-0.25, -0.2) is 0 Å². The van der Waals surface area contributed by atoms with Crippen molar-refractivity contribution in [2.24, 2.45) is 0 Å². The molecule has 0 fully saturated rings. The molecule has 0 spiro atoms. The van der Waals surface area contributed by atoms with Crippen LogP contribution in [0.1, 0.15) is 22.8 Å². The van der Waals surface area contributed by atoms with Gasteiger partial charge in [0.15, 0.2) is 5.78 Å². The van der Waals surface area contributed by atoms with Crippen LogP contribution in [0.25, 0.3) is 11.1 Å². The van der Waals surface area contributed by atoms with E-state index in [1.54, 1.807) is 25.1 Å². The summed E-state index contributed by atoms with van der Waals surface area (Å²) in [6, 6.07) is 24.6. The van der Waals surface area contributed by atoms with Gasteiger partial charge < -0.3 is 9.84 Å². The Morgan fingerprint density at radius 2 is 1.56 bits per heavy atom. The van der Waals surface area contributed by atoms with Gasteiger partial charge in [0.2, 0.25) is 0 Å². The summed E-state index contributed by atoms with van der Waals surface area (Å²) in [4.78, 5) is 12.8. The van der Waals surface area contributed by atoms with Gasteiger partial charge in [-0.2, -0.15) is 0 Å². The summed E-state index contributed by atoms with van der Waals surface area (Å²) in [5.74, 6) is 0.386. The van der Waals surface area contributed by atoms with Crippen LogP contribution in [0.3, 0.4) is 0 Å². The van der Waals surface area contributed by atoms with Gasteiger partial charge in [-0.1, -0.05) is 66.7 Å². The smallest absolute Gasteiger partial charge is 0.196 e. The number of ketones is 1. The highest BCUT2D eigenvalue weighted by atomic mass is 16.5. The van der Waals surface area contributed by atoms with E-state index in [4.69, 9.17) is 4.74 Å². The number of benzene rings is 3. The van der Waals surface area contributed by atoms with Crippen LogP contribution in [-0.2, 0) is 0 Å². The second-order valence-electron chi connectivity index (χ2n) is 5.93. The van der Waals surface area contributed by atoms with Crippen molar-refractivity contribution < 1.29 is 14.6 Å². The number of aliphatic hydroxyl groups excluding tert-OH is 1. The fourth-order valence-corrected chi connectivity index (χ4v) is 2.59. The SMILES string of the molecule is CC(O)COc1cc(-c2ccccc2)ccc1C(=O)c1ccccc1. The molecule has 0 bridgehead atoms. The highest BCUT2D eigenvalue weighted by molar-refractivity contribution is 6.11. The monoisotopic (exact) mass is 332 g/mol. The molecule has 3 aromatic carbocycles. The van der Waals surface area contributed by atoms with Crippen LogP contribution in [-0.4, -0.2) is 23.6 Å². The Labute approximate surface area is 147 Å². The van der Waals surface area contributed by atoms with Gasteiger partial charge in [0, 0.05) is 5.56 Å². The lowest BCUT2D eigenvalue weighted by Crippen LogP contribution is -2.15. The molecule has 1 N–H and O–H groups in total. The van der Waals surface area contributed by atoms with Crippen molar-refractivity contribution in [3.63, 3.8) is 0 Å². The van der Waals surface area contributed by atoms with Gasteiger partial charge in [-0.15, -0.1) is 0 Å². The first-order valence-electron chi connectivity index (χ1n) is 8.25. The third-order valence-electron chi connectivity index (χ3n) is 3.85. The highest BCUT2D eigenvalue weighted by Crippen LogP contribution is 2.29. The first-order valence-corrected chi connectivity index (χ1v) is 8.25. The molecule has 1 atom stereocenters. The third-order valence-corrected chi connectivity index (χ3v) is 3.85. The maximum Gasteiger partial charge on any atom is 0.196 e. The van der Waals surface area contributed by atoms with E-state index in [1.807, 2.05) is 60.7 Å². The third kappa shape index (κ3) is 4.14. The molecule has 0 radical (unpaired) electrons. The van der Waals surface area contributed by atoms with Gasteiger partial charge in [-0.3, -0.25) is 4.79 Å². The largest absolute Gasteiger partial charge is 0.490 e. The zero-order valence-corrected chi connectivity index (χ0v) is 14.1. The second-order valence-corrected chi connectivity index (χ2v) is 5.93. The van der Waals surface area contributed by atoms with Crippen molar-refractivity contribution in [3.8, 4) is 16.9 Å². The lowest BCUT2D eigenvalue weighted by molar-refractivity contribution is 0.102. The van der Waals surface area contributed by atoms with Gasteiger partial charge in [0.25, 0.3) is 0 Å². The number of hydrogen-bond donors (Lipinski definition) is 1. The molecule has 0 aliphatic heterocycles. The van der Waals surface area contributed by atoms with Crippen LogP contribution in [0, 0.1) is 0 Å². The first kappa shape index (κ1) is 16.9. The molecular weight excluding hydrogens is 312 g/mol. The quantitative estimate of drug-likeness (QED) is 0.683. The van der Waals surface area contributed by atoms with Crippen LogP contribution in [0.5, 0.6) is 5.75 Å². The number of carbonyl (C=O) groups is 1. The van der Waals surface area contributed by atoms with E-state index in [0.29, 0.717) is 16.9 Å². The summed E-state index contributed by atoms with van der Waals surface area (Å²) < 4.78 is 5.73. The lowest BCUT2D eigenvalue weighted by Gasteiger charge is -2.14. The summed E-state index contributed by atoms with van der Waals surface area (Å²) in [7, 11) is 0. The van der Waals surface area contributed by atoms with Crippen LogP contribution in [0.2, 0.25) is 0 Å². The Bertz CT molecular complexity index is 840. The number of carbonyl (C=O) groups excluding carboxylic acids is 1. The van der Waals surface area contributed by atoms with E-state index >= 15 is 0 Å². The molecule has 0 amide bonds. The van der Waals surface area contributed by atoms with Crippen LogP contribution < -0.4 is 4.74 Å². The Balaban J connectivity index is 2.00. The standard InChI is InChI=1S/C22H20O3/c1-16(23)15-25-21-14-19(17-8-4-2-5-9-17)12-13-20(21)22(24)18-10-6-3-7-11-18/h2-14,16,23H,15H2,1H3. The molecular formula is C22H20O3. The topological polar surface area (TPSA) is 46.5 Å². The minimum absolute atomic E-state index is 0.0965. The fraction of sp³-hybridized carbons (Fsp3) is 0.136. The molecule has 3 nitrogen and oxygen atoms in total. The summed E-state index contributed by atoms with van der Waals surface area (Å²) in [5.41, 5.74) is 3.11. The van der Waals surface area contributed by atoms with Crippen LogP contribution in [0.15, 0.2) is 78.9 Å². The molecule has 3 heteroatoms. The average Bonchev–Trinajstić information content (AvgIpc) is 2.67. The zero-order chi connectivity index (χ0) is 17.6. The molecule has 3 aromatic rings. The first-order chi connectivity index (χ1) is 12.1. The van der Waals surface area contributed by atoms with Crippen molar-refractivity contribution in [2.75, 3.05) is 6.61 Å². The summed E-state index contributed by atoms with van der Waals surface area (Å²) in [6.07, 6.45) is -0.611. The van der Waals surface area contributed by atoms with Crippen molar-refractivity contribution in [3.05, 3.63) is 90.0 Å². The molecule has 0 saturated carbocycles. The predicted octanol–water partition coefficient (Wildman–Crippen LogP) is 4.34. The molecule has 0 heterocycles. The highest BCUT2D eigenvalue weighted by Gasteiger charge is 2.16. The van der Waals surface area contributed by atoms with Crippen LogP contribution in [0.4, 0.5) is 0 Å². The molecule has 126 valence electrons. The molecule has 0 saturated heterocycles. The Morgan fingerprint density at radius 3 is 2.20 bits per heavy atom. The Kier molecular flexibility index (Phi) is 5.26. The number of rotatable bonds is 6. The summed E-state index contributed by atoms with van der Waals surface area (Å²) in [6.45, 7) is 1.78. The molecule has 1 unspecified atom stereocenters. The van der Waals surface area contributed by atoms with E-state index in [9.17, 15) is 9.90 Å². The van der Waals surface area contributed by atoms with E-state index in [0.717, 1.165) is 11.1 Å². The Morgan fingerprint density at radius 1 is 0.920 bits per heavy atom.